The minimum absolute atomic E-state index is 0.805. The van der Waals surface area contributed by atoms with Crippen LogP contribution in [0.15, 0.2) is 0 Å². The van der Waals surface area contributed by atoms with Crippen molar-refractivity contribution in [1.82, 2.24) is 10.2 Å². The highest BCUT2D eigenvalue weighted by atomic mass is 15.2. The van der Waals surface area contributed by atoms with E-state index in [1.54, 1.807) is 0 Å². The molecule has 0 amide bonds. The lowest BCUT2D eigenvalue weighted by molar-refractivity contribution is 0.138. The minimum Gasteiger partial charge on any atom is -0.299 e. The Kier molecular flexibility index (Phi) is 3.01. The van der Waals surface area contributed by atoms with E-state index in [0.29, 0.717) is 0 Å². The number of nitrogens with zero attached hydrogens (tertiary/aromatic N) is 2. The molecule has 1 atom stereocenters. The fraction of sp³-hybridized carbons (Fsp3) is 1.00. The van der Waals surface area contributed by atoms with Gasteiger partial charge in [-0.15, -0.1) is 0 Å². The number of hydrogen-bond acceptors (Lipinski definition) is 1. The van der Waals surface area contributed by atoms with E-state index in [0.717, 1.165) is 19.1 Å². The van der Waals surface area contributed by atoms with Gasteiger partial charge < -0.3 is 0 Å². The molecule has 1 unspecified atom stereocenters. The van der Waals surface area contributed by atoms with Crippen molar-refractivity contribution in [2.24, 2.45) is 0 Å². The van der Waals surface area contributed by atoms with Crippen molar-refractivity contribution in [2.45, 2.75) is 38.1 Å². The molecule has 2 heteroatoms. The van der Waals surface area contributed by atoms with Gasteiger partial charge >= 0.3 is 0 Å². The zero-order valence-electron chi connectivity index (χ0n) is 7.84. The van der Waals surface area contributed by atoms with E-state index in [-0.39, 0.29) is 0 Å². The lowest BCUT2D eigenvalue weighted by atomic mass is 10.0. The number of rotatable bonds is 1. The third kappa shape index (κ3) is 1.99. The van der Waals surface area contributed by atoms with Crippen molar-refractivity contribution in [3.63, 3.8) is 0 Å². The van der Waals surface area contributed by atoms with Crippen LogP contribution < -0.4 is 5.32 Å². The first-order chi connectivity index (χ1) is 5.97. The maximum absolute atomic E-state index is 4.49. The smallest absolute Gasteiger partial charge is 0.0289 e. The molecule has 0 bridgehead atoms. The summed E-state index contributed by atoms with van der Waals surface area (Å²) in [6.45, 7) is 4.89. The SMILES string of the molecule is C1CCN(C2CCC[N]C2)CC1. The summed E-state index contributed by atoms with van der Waals surface area (Å²) in [6, 6.07) is 0.805. The molecule has 0 aliphatic carbocycles. The van der Waals surface area contributed by atoms with Gasteiger partial charge in [0.1, 0.15) is 0 Å². The van der Waals surface area contributed by atoms with Crippen LogP contribution in [0.4, 0.5) is 0 Å². The van der Waals surface area contributed by atoms with Gasteiger partial charge in [0.15, 0.2) is 0 Å². The van der Waals surface area contributed by atoms with Crippen LogP contribution in [-0.2, 0) is 0 Å². The van der Waals surface area contributed by atoms with Gasteiger partial charge in [-0.05, 0) is 38.8 Å². The monoisotopic (exact) mass is 167 g/mol. The van der Waals surface area contributed by atoms with E-state index >= 15 is 0 Å². The molecule has 2 rings (SSSR count). The van der Waals surface area contributed by atoms with E-state index in [2.05, 4.69) is 10.2 Å². The summed E-state index contributed by atoms with van der Waals surface area (Å²) in [7, 11) is 0. The Labute approximate surface area is 75.3 Å². The normalized spacial score (nSPS) is 33.5. The molecular formula is C10H19N2. The van der Waals surface area contributed by atoms with Gasteiger partial charge in [-0.1, -0.05) is 6.42 Å². The molecule has 1 radical (unpaired) electrons. The molecule has 0 aromatic heterocycles. The fourth-order valence-electron chi connectivity index (χ4n) is 2.35. The van der Waals surface area contributed by atoms with Gasteiger partial charge in [-0.3, -0.25) is 4.90 Å². The Bertz CT molecular complexity index is 108. The van der Waals surface area contributed by atoms with E-state index in [1.165, 1.54) is 45.2 Å². The summed E-state index contributed by atoms with van der Waals surface area (Å²) in [6.07, 6.45) is 6.98. The maximum Gasteiger partial charge on any atom is 0.0289 e. The van der Waals surface area contributed by atoms with Crippen molar-refractivity contribution in [3.8, 4) is 0 Å². The zero-order chi connectivity index (χ0) is 8.23. The molecule has 12 heavy (non-hydrogen) atoms. The molecule has 2 fully saturated rings. The largest absolute Gasteiger partial charge is 0.299 e. The van der Waals surface area contributed by atoms with E-state index < -0.39 is 0 Å². The van der Waals surface area contributed by atoms with Crippen LogP contribution in [0.5, 0.6) is 0 Å². The lowest BCUT2D eigenvalue weighted by Gasteiger charge is -2.36. The van der Waals surface area contributed by atoms with Crippen LogP contribution in [0.25, 0.3) is 0 Å². The second-order valence-corrected chi connectivity index (χ2v) is 4.02. The second-order valence-electron chi connectivity index (χ2n) is 4.02. The van der Waals surface area contributed by atoms with Crippen molar-refractivity contribution in [3.05, 3.63) is 0 Å². The van der Waals surface area contributed by atoms with Crippen LogP contribution in [0, 0.1) is 0 Å². The standard InChI is InChI=1S/C10H19N2/c1-2-7-12(8-3-1)10-5-4-6-11-9-10/h10H,1-9H2. The third-order valence-corrected chi connectivity index (χ3v) is 3.10. The first kappa shape index (κ1) is 8.52. The number of piperidine rings is 2. The molecule has 0 saturated carbocycles. The van der Waals surface area contributed by atoms with Crippen molar-refractivity contribution in [2.75, 3.05) is 26.2 Å². The molecule has 0 N–H and O–H groups in total. The Morgan fingerprint density at radius 1 is 1.00 bits per heavy atom. The molecule has 0 spiro atoms. The highest BCUT2D eigenvalue weighted by Crippen LogP contribution is 2.16. The molecule has 69 valence electrons. The highest BCUT2D eigenvalue weighted by molar-refractivity contribution is 4.79. The average molecular weight is 167 g/mol. The molecule has 0 aromatic carbocycles. The van der Waals surface area contributed by atoms with E-state index in [4.69, 9.17) is 0 Å². The molecule has 0 aromatic rings. The van der Waals surface area contributed by atoms with Crippen LogP contribution >= 0.6 is 0 Å². The quantitative estimate of drug-likeness (QED) is 0.574. The van der Waals surface area contributed by atoms with Gasteiger partial charge in [0.25, 0.3) is 0 Å². The Morgan fingerprint density at radius 2 is 1.83 bits per heavy atom. The number of likely N-dealkylation sites (tertiary alicyclic amines) is 1. The Balaban J connectivity index is 1.80. The maximum atomic E-state index is 4.49. The van der Waals surface area contributed by atoms with Crippen LogP contribution in [-0.4, -0.2) is 37.1 Å². The molecule has 2 nitrogen and oxygen atoms in total. The highest BCUT2D eigenvalue weighted by Gasteiger charge is 2.22. The average Bonchev–Trinajstić information content (AvgIpc) is 2.21. The molecule has 2 heterocycles. The summed E-state index contributed by atoms with van der Waals surface area (Å²) >= 11 is 0. The minimum atomic E-state index is 0.805. The third-order valence-electron chi connectivity index (χ3n) is 3.10. The predicted molar refractivity (Wildman–Crippen MR) is 50.3 cm³/mol. The molecule has 2 saturated heterocycles. The zero-order valence-corrected chi connectivity index (χ0v) is 7.84. The summed E-state index contributed by atoms with van der Waals surface area (Å²) in [5.41, 5.74) is 0. The van der Waals surface area contributed by atoms with Crippen LogP contribution in [0.1, 0.15) is 32.1 Å². The Morgan fingerprint density at radius 3 is 2.50 bits per heavy atom. The molecule has 2 aliphatic rings. The van der Waals surface area contributed by atoms with E-state index in [1.807, 2.05) is 0 Å². The van der Waals surface area contributed by atoms with Crippen molar-refractivity contribution >= 4 is 0 Å². The van der Waals surface area contributed by atoms with Gasteiger partial charge in [0.05, 0.1) is 0 Å². The topological polar surface area (TPSA) is 17.3 Å². The van der Waals surface area contributed by atoms with Crippen molar-refractivity contribution in [1.29, 1.82) is 0 Å². The molecule has 2 aliphatic heterocycles. The van der Waals surface area contributed by atoms with Gasteiger partial charge in [-0.25, -0.2) is 5.32 Å². The second kappa shape index (κ2) is 4.24. The lowest BCUT2D eigenvalue weighted by Crippen LogP contribution is -2.45. The summed E-state index contributed by atoms with van der Waals surface area (Å²) in [4.78, 5) is 2.66. The van der Waals surface area contributed by atoms with Crippen molar-refractivity contribution < 1.29 is 0 Å². The summed E-state index contributed by atoms with van der Waals surface area (Å²) in [5.74, 6) is 0. The van der Waals surface area contributed by atoms with Gasteiger partial charge in [-0.2, -0.15) is 0 Å². The van der Waals surface area contributed by atoms with Gasteiger partial charge in [0.2, 0.25) is 0 Å². The summed E-state index contributed by atoms with van der Waals surface area (Å²) in [5, 5.41) is 4.49. The van der Waals surface area contributed by atoms with E-state index in [9.17, 15) is 0 Å². The Hall–Kier alpha value is -0.0800. The first-order valence-electron chi connectivity index (χ1n) is 5.34. The molecular weight excluding hydrogens is 148 g/mol. The number of hydrogen-bond donors (Lipinski definition) is 0. The predicted octanol–water partition coefficient (Wildman–Crippen LogP) is 1.24. The summed E-state index contributed by atoms with van der Waals surface area (Å²) < 4.78 is 0. The first-order valence-corrected chi connectivity index (χ1v) is 5.34. The van der Waals surface area contributed by atoms with Crippen LogP contribution in [0.3, 0.4) is 0 Å². The fourth-order valence-corrected chi connectivity index (χ4v) is 2.35. The van der Waals surface area contributed by atoms with Crippen LogP contribution in [0.2, 0.25) is 0 Å². The van der Waals surface area contributed by atoms with Gasteiger partial charge in [0, 0.05) is 19.1 Å².